The number of hydrogen-bond donors (Lipinski definition) is 0. The van der Waals surface area contributed by atoms with Crippen LogP contribution in [0.25, 0.3) is 10.2 Å². The maximum absolute atomic E-state index is 6.20. The first-order valence-corrected chi connectivity index (χ1v) is 7.07. The molecule has 0 aromatic carbocycles. The van der Waals surface area contributed by atoms with E-state index in [1.165, 1.54) is 17.7 Å². The van der Waals surface area contributed by atoms with Gasteiger partial charge >= 0.3 is 0 Å². The molecule has 0 bridgehead atoms. The molecule has 0 spiro atoms. The van der Waals surface area contributed by atoms with E-state index < -0.39 is 0 Å². The van der Waals surface area contributed by atoms with Crippen LogP contribution in [0.1, 0.15) is 23.5 Å². The number of likely N-dealkylation sites (tertiary alicyclic amines) is 1. The molecule has 0 aliphatic carbocycles. The van der Waals surface area contributed by atoms with Gasteiger partial charge < -0.3 is 0 Å². The minimum atomic E-state index is 0.591. The van der Waals surface area contributed by atoms with Crippen molar-refractivity contribution in [2.45, 2.75) is 26.3 Å². The molecule has 0 amide bonds. The van der Waals surface area contributed by atoms with E-state index in [1.807, 2.05) is 0 Å². The molecule has 0 atom stereocenters. The first-order valence-electron chi connectivity index (χ1n) is 5.87. The van der Waals surface area contributed by atoms with Crippen LogP contribution >= 0.6 is 22.9 Å². The number of rotatable bonds is 2. The molecule has 90 valence electrons. The zero-order valence-corrected chi connectivity index (χ0v) is 11.3. The highest BCUT2D eigenvalue weighted by Gasteiger charge is 2.15. The van der Waals surface area contributed by atoms with E-state index in [2.05, 4.69) is 27.9 Å². The number of nitrogens with zero attached hydrogens (tertiary/aromatic N) is 3. The number of aryl methyl sites for hydroxylation is 1. The third-order valence-electron chi connectivity index (χ3n) is 3.08. The van der Waals surface area contributed by atoms with Gasteiger partial charge in [0.15, 0.2) is 0 Å². The Morgan fingerprint density at radius 2 is 2.12 bits per heavy atom. The van der Waals surface area contributed by atoms with Gasteiger partial charge in [0, 0.05) is 10.3 Å². The lowest BCUT2D eigenvalue weighted by molar-refractivity contribution is 0.323. The van der Waals surface area contributed by atoms with Crippen LogP contribution in [0.2, 0.25) is 5.15 Å². The Labute approximate surface area is 109 Å². The van der Waals surface area contributed by atoms with Crippen LogP contribution in [-0.4, -0.2) is 28.0 Å². The van der Waals surface area contributed by atoms with E-state index in [0.29, 0.717) is 5.15 Å². The van der Waals surface area contributed by atoms with Gasteiger partial charge in [-0.25, -0.2) is 9.97 Å². The van der Waals surface area contributed by atoms with Crippen LogP contribution in [-0.2, 0) is 6.54 Å². The van der Waals surface area contributed by atoms with Crippen LogP contribution in [0.5, 0.6) is 0 Å². The molecule has 2 aromatic rings. The van der Waals surface area contributed by atoms with Crippen molar-refractivity contribution in [1.82, 2.24) is 14.9 Å². The lowest BCUT2D eigenvalue weighted by atomic mass is 10.4. The van der Waals surface area contributed by atoms with Crippen molar-refractivity contribution in [2.75, 3.05) is 13.1 Å². The van der Waals surface area contributed by atoms with Gasteiger partial charge in [0.1, 0.15) is 15.8 Å². The Morgan fingerprint density at radius 3 is 2.88 bits per heavy atom. The molecule has 1 saturated heterocycles. The van der Waals surface area contributed by atoms with E-state index in [1.54, 1.807) is 11.3 Å². The predicted molar refractivity (Wildman–Crippen MR) is 71.7 cm³/mol. The second-order valence-electron chi connectivity index (χ2n) is 4.49. The summed E-state index contributed by atoms with van der Waals surface area (Å²) >= 11 is 7.88. The van der Waals surface area contributed by atoms with Gasteiger partial charge in [0.2, 0.25) is 0 Å². The van der Waals surface area contributed by atoms with Crippen molar-refractivity contribution in [2.24, 2.45) is 0 Å². The fraction of sp³-hybridized carbons (Fsp3) is 0.500. The van der Waals surface area contributed by atoms with Gasteiger partial charge in [0.25, 0.3) is 0 Å². The summed E-state index contributed by atoms with van der Waals surface area (Å²) in [7, 11) is 0. The molecule has 0 radical (unpaired) electrons. The highest BCUT2D eigenvalue weighted by atomic mass is 35.5. The lowest BCUT2D eigenvalue weighted by Crippen LogP contribution is -2.20. The van der Waals surface area contributed by atoms with E-state index in [0.717, 1.165) is 35.7 Å². The van der Waals surface area contributed by atoms with Crippen LogP contribution in [0.3, 0.4) is 0 Å². The van der Waals surface area contributed by atoms with Crippen molar-refractivity contribution in [1.29, 1.82) is 0 Å². The molecular formula is C12H14ClN3S. The van der Waals surface area contributed by atoms with Crippen molar-refractivity contribution < 1.29 is 0 Å². The highest BCUT2D eigenvalue weighted by Crippen LogP contribution is 2.28. The van der Waals surface area contributed by atoms with E-state index >= 15 is 0 Å². The summed E-state index contributed by atoms with van der Waals surface area (Å²) in [5, 5.41) is 1.58. The summed E-state index contributed by atoms with van der Waals surface area (Å²) in [5.41, 5.74) is 0. The Balaban J connectivity index is 1.94. The van der Waals surface area contributed by atoms with Gasteiger partial charge in [-0.2, -0.15) is 0 Å². The van der Waals surface area contributed by atoms with Gasteiger partial charge in [-0.15, -0.1) is 11.3 Å². The zero-order valence-electron chi connectivity index (χ0n) is 9.74. The maximum atomic E-state index is 6.20. The fourth-order valence-electron chi connectivity index (χ4n) is 2.26. The Hall–Kier alpha value is -0.710. The minimum absolute atomic E-state index is 0.591. The third kappa shape index (κ3) is 2.30. The molecular weight excluding hydrogens is 254 g/mol. The lowest BCUT2D eigenvalue weighted by Gasteiger charge is -2.12. The number of hydrogen-bond acceptors (Lipinski definition) is 4. The molecule has 0 N–H and O–H groups in total. The summed E-state index contributed by atoms with van der Waals surface area (Å²) in [6, 6.07) is 2.06. The van der Waals surface area contributed by atoms with Crippen LogP contribution in [0.4, 0.5) is 0 Å². The summed E-state index contributed by atoms with van der Waals surface area (Å²) in [6.07, 6.45) is 2.57. The molecule has 1 aliphatic heterocycles. The topological polar surface area (TPSA) is 29.0 Å². The third-order valence-corrected chi connectivity index (χ3v) is 4.31. The molecule has 1 aliphatic rings. The number of thiophene rings is 1. The quantitative estimate of drug-likeness (QED) is 0.782. The van der Waals surface area contributed by atoms with Crippen molar-refractivity contribution >= 4 is 33.2 Å². The molecule has 0 unspecified atom stereocenters. The monoisotopic (exact) mass is 267 g/mol. The summed E-state index contributed by atoms with van der Waals surface area (Å²) in [5.74, 6) is 0.853. The highest BCUT2D eigenvalue weighted by molar-refractivity contribution is 7.18. The zero-order chi connectivity index (χ0) is 11.8. The maximum Gasteiger partial charge on any atom is 0.145 e. The van der Waals surface area contributed by atoms with Gasteiger partial charge in [-0.1, -0.05) is 11.6 Å². The number of aromatic nitrogens is 2. The molecule has 3 rings (SSSR count). The average Bonchev–Trinajstić information content (AvgIpc) is 2.87. The molecule has 2 aromatic heterocycles. The van der Waals surface area contributed by atoms with E-state index in [-0.39, 0.29) is 0 Å². The van der Waals surface area contributed by atoms with Crippen LogP contribution in [0, 0.1) is 6.92 Å². The number of fused-ring (bicyclic) bond motifs is 1. The van der Waals surface area contributed by atoms with E-state index in [4.69, 9.17) is 11.6 Å². The predicted octanol–water partition coefficient (Wildman–Crippen LogP) is 3.25. The van der Waals surface area contributed by atoms with Crippen molar-refractivity contribution in [3.8, 4) is 0 Å². The fourth-order valence-corrected chi connectivity index (χ4v) is 3.46. The molecule has 3 heterocycles. The van der Waals surface area contributed by atoms with E-state index in [9.17, 15) is 0 Å². The van der Waals surface area contributed by atoms with Crippen molar-refractivity contribution in [3.05, 3.63) is 21.9 Å². The molecule has 5 heteroatoms. The van der Waals surface area contributed by atoms with Crippen molar-refractivity contribution in [3.63, 3.8) is 0 Å². The number of halogens is 1. The van der Waals surface area contributed by atoms with Crippen LogP contribution in [0.15, 0.2) is 6.07 Å². The smallest absolute Gasteiger partial charge is 0.145 e. The van der Waals surface area contributed by atoms with Gasteiger partial charge in [-0.05, 0) is 38.9 Å². The summed E-state index contributed by atoms with van der Waals surface area (Å²) in [6.45, 7) is 5.21. The summed E-state index contributed by atoms with van der Waals surface area (Å²) in [4.78, 5) is 13.6. The SMILES string of the molecule is Cc1cc2c(Cl)nc(CN3CCCC3)nc2s1. The Kier molecular flexibility index (Phi) is 3.03. The molecule has 0 saturated carbocycles. The van der Waals surface area contributed by atoms with Gasteiger partial charge in [0.05, 0.1) is 6.54 Å². The molecule has 3 nitrogen and oxygen atoms in total. The van der Waals surface area contributed by atoms with Crippen LogP contribution < -0.4 is 0 Å². The first kappa shape index (κ1) is 11.4. The first-order chi connectivity index (χ1) is 8.22. The average molecular weight is 268 g/mol. The second kappa shape index (κ2) is 4.52. The largest absolute Gasteiger partial charge is 0.296 e. The van der Waals surface area contributed by atoms with Gasteiger partial charge in [-0.3, -0.25) is 4.90 Å². The summed E-state index contributed by atoms with van der Waals surface area (Å²) < 4.78 is 0. The Bertz CT molecular complexity index is 546. The second-order valence-corrected chi connectivity index (χ2v) is 6.08. The standard InChI is InChI=1S/C12H14ClN3S/c1-8-6-9-11(13)14-10(15-12(9)17-8)7-16-4-2-3-5-16/h6H,2-5,7H2,1H3. The Morgan fingerprint density at radius 1 is 1.35 bits per heavy atom. The normalized spacial score (nSPS) is 17.1. The molecule has 17 heavy (non-hydrogen) atoms. The molecule has 1 fully saturated rings. The minimum Gasteiger partial charge on any atom is -0.296 e.